The van der Waals surface area contributed by atoms with Crippen molar-refractivity contribution < 1.29 is 14.3 Å². The number of hydrogen-bond acceptors (Lipinski definition) is 4. The van der Waals surface area contributed by atoms with E-state index < -0.39 is 0 Å². The second-order valence-corrected chi connectivity index (χ2v) is 7.15. The highest BCUT2D eigenvalue weighted by atomic mass is 16.4. The van der Waals surface area contributed by atoms with Gasteiger partial charge in [0.05, 0.1) is 0 Å². The fraction of sp³-hybridized carbons (Fsp3) is 0.450. The molecule has 25 heavy (non-hydrogen) atoms. The number of aliphatic hydroxyl groups excluding tert-OH is 1. The van der Waals surface area contributed by atoms with Crippen molar-refractivity contribution in [2.75, 3.05) is 19.6 Å². The number of carbonyl (C=O) groups excluding carboxylic acids is 1. The molecule has 0 unspecified atom stereocenters. The van der Waals surface area contributed by atoms with Crippen molar-refractivity contribution in [3.8, 4) is 0 Å². The van der Waals surface area contributed by atoms with Crippen LogP contribution in [0.25, 0.3) is 0 Å². The molecule has 5 heteroatoms. The average molecular weight is 340 g/mol. The van der Waals surface area contributed by atoms with Gasteiger partial charge in [0.25, 0.3) is 5.91 Å². The molecule has 2 aromatic rings. The molecule has 3 aliphatic heterocycles. The number of aliphatic hydroxyl groups is 1. The van der Waals surface area contributed by atoms with Gasteiger partial charge in [-0.1, -0.05) is 30.3 Å². The first-order chi connectivity index (χ1) is 12.2. The minimum Gasteiger partial charge on any atom is -0.453 e. The lowest BCUT2D eigenvalue weighted by Crippen LogP contribution is -2.43. The second-order valence-electron chi connectivity index (χ2n) is 7.15. The van der Waals surface area contributed by atoms with Crippen LogP contribution >= 0.6 is 0 Å². The highest BCUT2D eigenvalue weighted by Crippen LogP contribution is 2.30. The first-order valence-corrected chi connectivity index (χ1v) is 9.00. The Balaban J connectivity index is 1.48. The highest BCUT2D eigenvalue weighted by molar-refractivity contribution is 5.91. The number of rotatable bonds is 4. The Labute approximate surface area is 147 Å². The van der Waals surface area contributed by atoms with Crippen LogP contribution in [0.15, 0.2) is 46.9 Å². The number of amides is 1. The number of furan rings is 1. The molecule has 3 aliphatic rings. The fourth-order valence-corrected chi connectivity index (χ4v) is 4.09. The first-order valence-electron chi connectivity index (χ1n) is 9.00. The van der Waals surface area contributed by atoms with E-state index in [0.717, 1.165) is 32.6 Å². The van der Waals surface area contributed by atoms with Gasteiger partial charge in [0, 0.05) is 32.2 Å². The Bertz CT molecular complexity index is 728. The van der Waals surface area contributed by atoms with Crippen LogP contribution < -0.4 is 0 Å². The lowest BCUT2D eigenvalue weighted by atomic mass is 9.94. The Morgan fingerprint density at radius 3 is 2.68 bits per heavy atom. The zero-order chi connectivity index (χ0) is 17.2. The second kappa shape index (κ2) is 7.02. The molecule has 2 atom stereocenters. The minimum absolute atomic E-state index is 0.0573. The van der Waals surface area contributed by atoms with E-state index in [1.165, 1.54) is 12.0 Å². The molecule has 132 valence electrons. The van der Waals surface area contributed by atoms with Crippen molar-refractivity contribution in [2.45, 2.75) is 32.0 Å². The van der Waals surface area contributed by atoms with Gasteiger partial charge in [-0.05, 0) is 36.5 Å². The van der Waals surface area contributed by atoms with Crippen LogP contribution in [0.1, 0.15) is 34.7 Å². The summed E-state index contributed by atoms with van der Waals surface area (Å²) in [5, 5.41) is 9.13. The van der Waals surface area contributed by atoms with Crippen LogP contribution in [0.5, 0.6) is 0 Å². The zero-order valence-corrected chi connectivity index (χ0v) is 14.3. The van der Waals surface area contributed by atoms with Gasteiger partial charge in [-0.3, -0.25) is 9.69 Å². The molecular formula is C20H24N2O3. The van der Waals surface area contributed by atoms with Crippen molar-refractivity contribution in [1.82, 2.24) is 9.80 Å². The third kappa shape index (κ3) is 3.48. The Kier molecular flexibility index (Phi) is 4.59. The lowest BCUT2D eigenvalue weighted by molar-refractivity contribution is 0.0700. The molecular weight excluding hydrogens is 316 g/mol. The maximum Gasteiger partial charge on any atom is 0.289 e. The quantitative estimate of drug-likeness (QED) is 0.929. The van der Waals surface area contributed by atoms with Gasteiger partial charge in [0.15, 0.2) is 5.76 Å². The summed E-state index contributed by atoms with van der Waals surface area (Å²) in [6.45, 7) is 3.35. The van der Waals surface area contributed by atoms with Crippen molar-refractivity contribution >= 4 is 5.91 Å². The summed E-state index contributed by atoms with van der Waals surface area (Å²) >= 11 is 0. The third-order valence-electron chi connectivity index (χ3n) is 5.37. The van der Waals surface area contributed by atoms with E-state index in [0.29, 0.717) is 23.5 Å². The predicted molar refractivity (Wildman–Crippen MR) is 93.9 cm³/mol. The molecule has 3 saturated heterocycles. The maximum atomic E-state index is 12.8. The molecule has 0 radical (unpaired) electrons. The van der Waals surface area contributed by atoms with Crippen molar-refractivity contribution in [3.63, 3.8) is 0 Å². The van der Waals surface area contributed by atoms with Crippen molar-refractivity contribution in [3.05, 3.63) is 59.5 Å². The molecule has 2 bridgehead atoms. The van der Waals surface area contributed by atoms with Gasteiger partial charge in [0.1, 0.15) is 12.4 Å². The molecule has 1 amide bonds. The van der Waals surface area contributed by atoms with Gasteiger partial charge in [-0.15, -0.1) is 0 Å². The summed E-state index contributed by atoms with van der Waals surface area (Å²) in [7, 11) is 0. The SMILES string of the molecule is O=C(c1ccc(CO)o1)N1C[C@H]2CC[C@@H](C1)N(Cc1ccccc1)C2. The third-order valence-corrected chi connectivity index (χ3v) is 5.37. The topological polar surface area (TPSA) is 56.9 Å². The smallest absolute Gasteiger partial charge is 0.289 e. The van der Waals surface area contributed by atoms with E-state index in [1.54, 1.807) is 12.1 Å². The summed E-state index contributed by atoms with van der Waals surface area (Å²) in [6.07, 6.45) is 2.32. The summed E-state index contributed by atoms with van der Waals surface area (Å²) < 4.78 is 5.45. The molecule has 0 spiro atoms. The van der Waals surface area contributed by atoms with Gasteiger partial charge in [-0.2, -0.15) is 0 Å². The largest absolute Gasteiger partial charge is 0.453 e. The summed E-state index contributed by atoms with van der Waals surface area (Å²) in [5.41, 5.74) is 1.33. The zero-order valence-electron chi connectivity index (χ0n) is 14.3. The number of benzene rings is 1. The molecule has 4 heterocycles. The van der Waals surface area contributed by atoms with Crippen LogP contribution in [0.4, 0.5) is 0 Å². The molecule has 5 nitrogen and oxygen atoms in total. The van der Waals surface area contributed by atoms with Crippen LogP contribution in [0.2, 0.25) is 0 Å². The number of hydrogen-bond donors (Lipinski definition) is 1. The van der Waals surface area contributed by atoms with E-state index >= 15 is 0 Å². The lowest BCUT2D eigenvalue weighted by Gasteiger charge is -2.36. The molecule has 1 aromatic carbocycles. The van der Waals surface area contributed by atoms with Gasteiger partial charge in [-0.25, -0.2) is 0 Å². The molecule has 1 N–H and O–H groups in total. The Morgan fingerprint density at radius 2 is 1.92 bits per heavy atom. The first kappa shape index (κ1) is 16.4. The number of nitrogens with zero attached hydrogens (tertiary/aromatic N) is 2. The van der Waals surface area contributed by atoms with E-state index in [4.69, 9.17) is 9.52 Å². The summed E-state index contributed by atoms with van der Waals surface area (Å²) in [5.74, 6) is 1.23. The Hall–Kier alpha value is -2.11. The van der Waals surface area contributed by atoms with Crippen LogP contribution in [-0.2, 0) is 13.2 Å². The van der Waals surface area contributed by atoms with Gasteiger partial charge >= 0.3 is 0 Å². The van der Waals surface area contributed by atoms with E-state index in [1.807, 2.05) is 11.0 Å². The van der Waals surface area contributed by atoms with Gasteiger partial charge < -0.3 is 14.4 Å². The maximum absolute atomic E-state index is 12.8. The molecule has 5 rings (SSSR count). The van der Waals surface area contributed by atoms with Crippen LogP contribution in [-0.4, -0.2) is 46.5 Å². The van der Waals surface area contributed by atoms with E-state index in [2.05, 4.69) is 29.2 Å². The number of carbonyl (C=O) groups is 1. The minimum atomic E-state index is -0.177. The standard InChI is InChI=1S/C20H24N2O3/c23-14-18-8-9-19(25-18)20(24)22-12-16-6-7-17(13-22)21(11-16)10-15-4-2-1-3-5-15/h1-5,8-9,16-17,23H,6-7,10-14H2/t16-,17-/m0/s1. The summed E-state index contributed by atoms with van der Waals surface area (Å²) in [4.78, 5) is 17.3. The van der Waals surface area contributed by atoms with Crippen LogP contribution in [0, 0.1) is 5.92 Å². The fourth-order valence-electron chi connectivity index (χ4n) is 4.09. The molecule has 0 saturated carbocycles. The number of fused-ring (bicyclic) bond motifs is 4. The molecule has 3 fully saturated rings. The van der Waals surface area contributed by atoms with E-state index in [9.17, 15) is 4.79 Å². The van der Waals surface area contributed by atoms with Gasteiger partial charge in [0.2, 0.25) is 0 Å². The van der Waals surface area contributed by atoms with Crippen molar-refractivity contribution in [1.29, 1.82) is 0 Å². The van der Waals surface area contributed by atoms with E-state index in [-0.39, 0.29) is 12.5 Å². The monoisotopic (exact) mass is 340 g/mol. The highest BCUT2D eigenvalue weighted by Gasteiger charge is 2.37. The Morgan fingerprint density at radius 1 is 1.08 bits per heavy atom. The normalized spacial score (nSPS) is 23.6. The number of piperidine rings is 1. The van der Waals surface area contributed by atoms with Crippen molar-refractivity contribution in [2.24, 2.45) is 5.92 Å². The van der Waals surface area contributed by atoms with Crippen LogP contribution in [0.3, 0.4) is 0 Å². The average Bonchev–Trinajstić information content (AvgIpc) is 2.95. The summed E-state index contributed by atoms with van der Waals surface area (Å²) in [6, 6.07) is 14.3. The predicted octanol–water partition coefficient (Wildman–Crippen LogP) is 2.51. The molecule has 0 aliphatic carbocycles. The molecule has 1 aromatic heterocycles.